The molecule has 18 heavy (non-hydrogen) atoms. The first kappa shape index (κ1) is 12.8. The van der Waals surface area contributed by atoms with E-state index in [1.54, 1.807) is 6.07 Å². The zero-order chi connectivity index (χ0) is 13.0. The highest BCUT2D eigenvalue weighted by Crippen LogP contribution is 2.24. The molecule has 2 N–H and O–H groups in total. The van der Waals surface area contributed by atoms with Gasteiger partial charge in [0, 0.05) is 6.07 Å². The van der Waals surface area contributed by atoms with E-state index in [0.717, 1.165) is 18.0 Å². The first-order valence-corrected chi connectivity index (χ1v) is 6.65. The van der Waals surface area contributed by atoms with Crippen molar-refractivity contribution in [3.8, 4) is 10.7 Å². The molecule has 0 spiro atoms. The summed E-state index contributed by atoms with van der Waals surface area (Å²) in [6.45, 7) is 5.13. The van der Waals surface area contributed by atoms with Gasteiger partial charge in [0.2, 0.25) is 0 Å². The molecule has 2 heterocycles. The highest BCUT2D eigenvalue weighted by atomic mass is 32.1. The molecule has 0 aliphatic heterocycles. The Kier molecular flexibility index (Phi) is 4.16. The van der Waals surface area contributed by atoms with Crippen LogP contribution in [-0.4, -0.2) is 26.9 Å². The van der Waals surface area contributed by atoms with Gasteiger partial charge in [-0.05, 0) is 26.0 Å². The number of hydrogen-bond donors (Lipinski definition) is 2. The summed E-state index contributed by atoms with van der Waals surface area (Å²) in [5, 5.41) is 19.5. The molecule has 0 amide bonds. The van der Waals surface area contributed by atoms with Crippen molar-refractivity contribution < 1.29 is 0 Å². The Hall–Kier alpha value is -1.60. The quantitative estimate of drug-likeness (QED) is 0.852. The fourth-order valence-electron chi connectivity index (χ4n) is 1.42. The van der Waals surface area contributed by atoms with Gasteiger partial charge in [-0.1, -0.05) is 18.3 Å². The summed E-state index contributed by atoms with van der Waals surface area (Å²) >= 11 is 1.48. The summed E-state index contributed by atoms with van der Waals surface area (Å²) in [6.07, 6.45) is 1.08. The number of aromatic amines is 1. The van der Waals surface area contributed by atoms with Crippen LogP contribution in [0.15, 0.2) is 16.9 Å². The topological polar surface area (TPSA) is 83.6 Å². The van der Waals surface area contributed by atoms with E-state index in [0.29, 0.717) is 10.7 Å². The third-order valence-corrected chi connectivity index (χ3v) is 3.54. The Morgan fingerprint density at radius 1 is 1.44 bits per heavy atom. The largest absolute Gasteiger partial charge is 0.308 e. The van der Waals surface area contributed by atoms with Crippen LogP contribution in [0.2, 0.25) is 0 Å². The molecule has 7 heteroatoms. The van der Waals surface area contributed by atoms with Gasteiger partial charge >= 0.3 is 0 Å². The van der Waals surface area contributed by atoms with E-state index in [1.807, 2.05) is 0 Å². The number of aromatic nitrogens is 4. The average Bonchev–Trinajstić information content (AvgIpc) is 2.86. The summed E-state index contributed by atoms with van der Waals surface area (Å²) in [6, 6.07) is 3.26. The summed E-state index contributed by atoms with van der Waals surface area (Å²) < 4.78 is 0. The third-order valence-electron chi connectivity index (χ3n) is 2.41. The van der Waals surface area contributed by atoms with Crippen molar-refractivity contribution in [2.24, 2.45) is 0 Å². The number of rotatable bonds is 5. The van der Waals surface area contributed by atoms with Gasteiger partial charge in [0.15, 0.2) is 5.01 Å². The Labute approximate surface area is 108 Å². The van der Waals surface area contributed by atoms with Crippen molar-refractivity contribution in [3.63, 3.8) is 0 Å². The monoisotopic (exact) mass is 265 g/mol. The van der Waals surface area contributed by atoms with Crippen molar-refractivity contribution in [2.45, 2.75) is 26.3 Å². The minimum absolute atomic E-state index is 0.180. The first-order valence-electron chi connectivity index (χ1n) is 5.83. The van der Waals surface area contributed by atoms with E-state index in [4.69, 9.17) is 0 Å². The smallest absolute Gasteiger partial charge is 0.264 e. The highest BCUT2D eigenvalue weighted by molar-refractivity contribution is 7.14. The Balaban J connectivity index is 2.14. The Morgan fingerprint density at radius 3 is 2.94 bits per heavy atom. The number of H-pyrrole nitrogens is 1. The second kappa shape index (κ2) is 5.83. The fourth-order valence-corrected chi connectivity index (χ4v) is 2.26. The predicted octanol–water partition coefficient (Wildman–Crippen LogP) is 1.35. The standard InChI is InChI=1S/C11H15N5OS/c1-3-6-12-7(2)10-15-16-11(18-10)8-4-5-9(17)14-13-8/h4-5,7,12H,3,6H2,1-2H3,(H,14,17). The van der Waals surface area contributed by atoms with E-state index in [9.17, 15) is 4.79 Å². The van der Waals surface area contributed by atoms with Gasteiger partial charge < -0.3 is 5.32 Å². The minimum atomic E-state index is -0.221. The molecule has 2 rings (SSSR count). The molecule has 0 fully saturated rings. The first-order chi connectivity index (χ1) is 8.70. The van der Waals surface area contributed by atoms with Crippen molar-refractivity contribution >= 4 is 11.3 Å². The van der Waals surface area contributed by atoms with Gasteiger partial charge in [-0.15, -0.1) is 10.2 Å². The van der Waals surface area contributed by atoms with Crippen LogP contribution < -0.4 is 10.9 Å². The molecule has 0 aliphatic rings. The van der Waals surface area contributed by atoms with Gasteiger partial charge in [0.25, 0.3) is 5.56 Å². The molecule has 0 saturated heterocycles. The van der Waals surface area contributed by atoms with Crippen LogP contribution in [0.1, 0.15) is 31.3 Å². The lowest BCUT2D eigenvalue weighted by Crippen LogP contribution is -2.18. The summed E-state index contributed by atoms with van der Waals surface area (Å²) in [5.74, 6) is 0. The van der Waals surface area contributed by atoms with Crippen molar-refractivity contribution in [2.75, 3.05) is 6.54 Å². The second-order valence-electron chi connectivity index (χ2n) is 3.93. The van der Waals surface area contributed by atoms with Crippen LogP contribution in [0, 0.1) is 0 Å². The lowest BCUT2D eigenvalue weighted by atomic mass is 10.3. The molecule has 2 aromatic heterocycles. The van der Waals surface area contributed by atoms with Crippen LogP contribution in [0.5, 0.6) is 0 Å². The van der Waals surface area contributed by atoms with Crippen molar-refractivity contribution in [1.29, 1.82) is 0 Å². The predicted molar refractivity (Wildman–Crippen MR) is 70.5 cm³/mol. The normalized spacial score (nSPS) is 12.6. The number of hydrogen-bond acceptors (Lipinski definition) is 6. The van der Waals surface area contributed by atoms with E-state index < -0.39 is 0 Å². The summed E-state index contributed by atoms with van der Waals surface area (Å²) in [7, 11) is 0. The van der Waals surface area contributed by atoms with Gasteiger partial charge in [-0.25, -0.2) is 5.10 Å². The van der Waals surface area contributed by atoms with Crippen molar-refractivity contribution in [3.05, 3.63) is 27.5 Å². The molecule has 2 aromatic rings. The maximum Gasteiger partial charge on any atom is 0.264 e. The van der Waals surface area contributed by atoms with Gasteiger partial charge in [0.1, 0.15) is 10.7 Å². The van der Waals surface area contributed by atoms with Crippen LogP contribution in [0.3, 0.4) is 0 Å². The maximum atomic E-state index is 10.9. The average molecular weight is 265 g/mol. The summed E-state index contributed by atoms with van der Waals surface area (Å²) in [4.78, 5) is 10.9. The molecule has 96 valence electrons. The van der Waals surface area contributed by atoms with E-state index in [-0.39, 0.29) is 11.6 Å². The van der Waals surface area contributed by atoms with Crippen LogP contribution in [-0.2, 0) is 0 Å². The number of nitrogens with zero attached hydrogens (tertiary/aromatic N) is 3. The molecule has 0 bridgehead atoms. The molecule has 1 unspecified atom stereocenters. The van der Waals surface area contributed by atoms with Crippen LogP contribution >= 0.6 is 11.3 Å². The molecule has 0 saturated carbocycles. The zero-order valence-corrected chi connectivity index (χ0v) is 11.1. The van der Waals surface area contributed by atoms with Crippen LogP contribution in [0.25, 0.3) is 10.7 Å². The van der Waals surface area contributed by atoms with Crippen LogP contribution in [0.4, 0.5) is 0 Å². The molecular formula is C11H15N5OS. The lowest BCUT2D eigenvalue weighted by molar-refractivity contribution is 0.564. The third kappa shape index (κ3) is 2.99. The fraction of sp³-hybridized carbons (Fsp3) is 0.455. The minimum Gasteiger partial charge on any atom is -0.308 e. The zero-order valence-electron chi connectivity index (χ0n) is 10.3. The van der Waals surface area contributed by atoms with Gasteiger partial charge in [0.05, 0.1) is 6.04 Å². The molecule has 0 aromatic carbocycles. The molecule has 6 nitrogen and oxygen atoms in total. The Bertz CT molecular complexity index is 544. The SMILES string of the molecule is CCCNC(C)c1nnc(-c2ccc(=O)[nH]n2)s1. The molecule has 0 radical (unpaired) electrons. The van der Waals surface area contributed by atoms with Gasteiger partial charge in [-0.2, -0.15) is 5.10 Å². The van der Waals surface area contributed by atoms with E-state index in [1.165, 1.54) is 17.4 Å². The van der Waals surface area contributed by atoms with Gasteiger partial charge in [-0.3, -0.25) is 4.79 Å². The van der Waals surface area contributed by atoms with E-state index >= 15 is 0 Å². The molecule has 1 atom stereocenters. The highest BCUT2D eigenvalue weighted by Gasteiger charge is 2.13. The molecule has 0 aliphatic carbocycles. The Morgan fingerprint density at radius 2 is 2.28 bits per heavy atom. The number of nitrogens with one attached hydrogen (secondary N) is 2. The summed E-state index contributed by atoms with van der Waals surface area (Å²) in [5.41, 5.74) is 0.419. The van der Waals surface area contributed by atoms with Crippen molar-refractivity contribution in [1.82, 2.24) is 25.7 Å². The lowest BCUT2D eigenvalue weighted by Gasteiger charge is -2.08. The van der Waals surface area contributed by atoms with E-state index in [2.05, 4.69) is 39.6 Å². The maximum absolute atomic E-state index is 10.9. The molecular weight excluding hydrogens is 250 g/mol. The second-order valence-corrected chi connectivity index (χ2v) is 4.94.